The summed E-state index contributed by atoms with van der Waals surface area (Å²) in [6.07, 6.45) is -10.1. The largest absolute Gasteiger partial charge is 0.534 e. The average molecular weight is 691 g/mol. The van der Waals surface area contributed by atoms with Crippen LogP contribution in [0.3, 0.4) is 0 Å². The molecule has 0 aliphatic carbocycles. The summed E-state index contributed by atoms with van der Waals surface area (Å²) in [7, 11) is -8.02. The Hall–Kier alpha value is -3.60. The van der Waals surface area contributed by atoms with Crippen LogP contribution in [0.1, 0.15) is 12.5 Å². The van der Waals surface area contributed by atoms with Crippen LogP contribution in [0.5, 0.6) is 0 Å². The van der Waals surface area contributed by atoms with Crippen LogP contribution in [0.25, 0.3) is 22.3 Å². The average Bonchev–Trinajstić information content (AvgIpc) is 3.76. The summed E-state index contributed by atoms with van der Waals surface area (Å²) in [6.45, 7) is -1.66. The number of anilines is 2. The Bertz CT molecular complexity index is 1880. The predicted molar refractivity (Wildman–Crippen MR) is 148 cm³/mol. The molecule has 0 spiro atoms. The van der Waals surface area contributed by atoms with E-state index < -0.39 is 90.1 Å². The summed E-state index contributed by atoms with van der Waals surface area (Å²) >= 11 is 0. The Morgan fingerprint density at radius 3 is 2.48 bits per heavy atom. The van der Waals surface area contributed by atoms with Crippen molar-refractivity contribution < 1.29 is 56.8 Å². The monoisotopic (exact) mass is 691 g/mol. The number of H-pyrrole nitrogens is 1. The molecule has 4 aromatic rings. The molecule has 2 aliphatic rings. The Balaban J connectivity index is 1.19. The zero-order valence-electron chi connectivity index (χ0n) is 23.1. The lowest BCUT2D eigenvalue weighted by Gasteiger charge is -2.23. The fraction of sp³-hybridized carbons (Fsp3) is 0.524. The van der Waals surface area contributed by atoms with Crippen molar-refractivity contribution in [1.82, 2.24) is 39.0 Å². The van der Waals surface area contributed by atoms with Gasteiger partial charge in [-0.25, -0.2) is 28.9 Å². The third-order valence-corrected chi connectivity index (χ3v) is 8.53. The van der Waals surface area contributed by atoms with E-state index >= 15 is 4.39 Å². The predicted octanol–water partition coefficient (Wildman–Crippen LogP) is -1.81. The van der Waals surface area contributed by atoms with Crippen LogP contribution in [-0.2, 0) is 32.4 Å². The van der Waals surface area contributed by atoms with Gasteiger partial charge in [-0.05, 0) is 4.57 Å². The van der Waals surface area contributed by atoms with E-state index in [1.807, 2.05) is 0 Å². The Labute approximate surface area is 255 Å². The van der Waals surface area contributed by atoms with Gasteiger partial charge in [0, 0.05) is 0 Å². The summed E-state index contributed by atoms with van der Waals surface area (Å²) in [5, 5.41) is 20.8. The van der Waals surface area contributed by atoms with Crippen molar-refractivity contribution >= 4 is 49.9 Å². The minimum absolute atomic E-state index is 0.0156. The molecule has 248 valence electrons. The Morgan fingerprint density at radius 2 is 1.76 bits per heavy atom. The molecular weight excluding hydrogens is 665 g/mol. The van der Waals surface area contributed by atoms with E-state index in [0.29, 0.717) is 0 Å². The number of nitrogens with zero attached hydrogens (tertiary/aromatic N) is 7. The number of phosphoric acid groups is 1. The molecule has 6 heterocycles. The van der Waals surface area contributed by atoms with Crippen molar-refractivity contribution in [3.05, 3.63) is 29.3 Å². The molecule has 6 rings (SSSR count). The summed E-state index contributed by atoms with van der Waals surface area (Å²) in [5.74, 6) is -0.249. The lowest BCUT2D eigenvalue weighted by molar-refractivity contribution is -0.0621. The number of ether oxygens (including phenoxy) is 3. The van der Waals surface area contributed by atoms with Gasteiger partial charge in [-0.3, -0.25) is 28.0 Å². The minimum atomic E-state index is -5.18. The van der Waals surface area contributed by atoms with Crippen molar-refractivity contribution in [3.63, 3.8) is 0 Å². The van der Waals surface area contributed by atoms with Gasteiger partial charge in [-0.15, -0.1) is 0 Å². The number of nitrogen functional groups attached to an aromatic ring is 2. The number of nitrogens with two attached hydrogens (primary N) is 2. The zero-order valence-corrected chi connectivity index (χ0v) is 24.9. The van der Waals surface area contributed by atoms with Crippen LogP contribution in [0, 0.1) is 0 Å². The van der Waals surface area contributed by atoms with Gasteiger partial charge in [0.15, 0.2) is 41.3 Å². The number of aliphatic hydroxyl groups is 2. The lowest BCUT2D eigenvalue weighted by Crippen LogP contribution is -2.37. The number of hydrogen-bond donors (Lipinski definition) is 7. The van der Waals surface area contributed by atoms with Gasteiger partial charge in [0.2, 0.25) is 5.95 Å². The van der Waals surface area contributed by atoms with Crippen molar-refractivity contribution in [2.45, 2.75) is 49.1 Å². The van der Waals surface area contributed by atoms with E-state index in [9.17, 15) is 33.9 Å². The molecule has 22 nitrogen and oxygen atoms in total. The molecule has 10 atom stereocenters. The molecule has 0 radical (unpaired) electrons. The molecule has 9 N–H and O–H groups in total. The van der Waals surface area contributed by atoms with E-state index in [2.05, 4.69) is 29.9 Å². The first-order chi connectivity index (χ1) is 21.9. The highest BCUT2D eigenvalue weighted by Crippen LogP contribution is 2.50. The molecule has 2 saturated heterocycles. The van der Waals surface area contributed by atoms with Crippen molar-refractivity contribution in [2.75, 3.05) is 31.0 Å². The smallest absolute Gasteiger partial charge is 0.394 e. The van der Waals surface area contributed by atoms with Crippen molar-refractivity contribution in [2.24, 2.45) is 0 Å². The maximum atomic E-state index is 15.7. The van der Waals surface area contributed by atoms with Crippen LogP contribution >= 0.6 is 15.9 Å². The van der Waals surface area contributed by atoms with Gasteiger partial charge in [0.25, 0.3) is 11.9 Å². The van der Waals surface area contributed by atoms with Crippen LogP contribution in [0.4, 0.5) is 16.2 Å². The first-order valence-corrected chi connectivity index (χ1v) is 16.1. The fourth-order valence-corrected chi connectivity index (χ4v) is 6.42. The molecule has 0 aromatic carbocycles. The van der Waals surface area contributed by atoms with Gasteiger partial charge in [-0.2, -0.15) is 9.88 Å². The molecule has 0 bridgehead atoms. The molecule has 25 heteroatoms. The van der Waals surface area contributed by atoms with Crippen LogP contribution < -0.4 is 17.0 Å². The second-order valence-electron chi connectivity index (χ2n) is 10.1. The van der Waals surface area contributed by atoms with Crippen LogP contribution in [-0.4, -0.2) is 115 Å². The molecule has 46 heavy (non-hydrogen) atoms. The summed E-state index contributed by atoms with van der Waals surface area (Å²) < 4.78 is 69.2. The maximum absolute atomic E-state index is 15.7. The lowest BCUT2D eigenvalue weighted by atomic mass is 10.1. The first kappa shape index (κ1) is 32.3. The number of rotatable bonds is 11. The summed E-state index contributed by atoms with van der Waals surface area (Å²) in [6, 6.07) is 0. The molecule has 2 aliphatic heterocycles. The standard InChI is InChI=1S/C21H25FN10O12P2/c22-9-13(7(1-33)42-19(9)31-4-27-10-15(23)25-3-26-16(10)31)44-46(38,39)41-2-8-14(40-6-45(36)37)12(34)20(43-8)32-5-28-11-17(32)29-21(24)30-18(11)35/h3-5,7-9,12-14,19-20,33-34H,1-2,6H2,(H6-,23,24,25,26,29,30,35,36,37,38,39)/p+1/t7-,8-,9?,12?,13?,14?,19-,20-/m1/s1. The summed E-state index contributed by atoms with van der Waals surface area (Å²) in [5.41, 5.74) is 10.7. The molecule has 2 fully saturated rings. The van der Waals surface area contributed by atoms with Gasteiger partial charge >= 0.3 is 15.9 Å². The Morgan fingerprint density at radius 1 is 1.07 bits per heavy atom. The highest BCUT2D eigenvalue weighted by atomic mass is 31.2. The van der Waals surface area contributed by atoms with E-state index in [4.69, 9.17) is 34.7 Å². The Kier molecular flexibility index (Phi) is 8.82. The third kappa shape index (κ3) is 5.98. The first-order valence-electron chi connectivity index (χ1n) is 13.2. The number of alkyl halides is 1. The molecule has 0 amide bonds. The maximum Gasteiger partial charge on any atom is 0.534 e. The van der Waals surface area contributed by atoms with Gasteiger partial charge in [0.1, 0.15) is 42.4 Å². The summed E-state index contributed by atoms with van der Waals surface area (Å²) in [4.78, 5) is 54.0. The van der Waals surface area contributed by atoms with E-state index in [1.165, 1.54) is 6.33 Å². The van der Waals surface area contributed by atoms with E-state index in [1.54, 1.807) is 0 Å². The number of hydrogen-bond acceptors (Lipinski definition) is 17. The zero-order chi connectivity index (χ0) is 32.9. The number of aliphatic hydroxyl groups excluding tert-OH is 2. The number of aromatic amines is 1. The van der Waals surface area contributed by atoms with Crippen molar-refractivity contribution in [3.8, 4) is 0 Å². The number of nitrogens with one attached hydrogen (secondary N) is 1. The SMILES string of the molecule is Nc1nc2c(ncn2[C@@H]2O[C@H](COP(=O)(O)OC3C(F)[C@H](n4cnc5c(N)ncnc54)O[C@@H]3CO)C(OC[P+](=O)O)C2O)c(=O)[nH]1. The number of imidazole rings is 2. The van der Waals surface area contributed by atoms with Crippen LogP contribution in [0.15, 0.2) is 23.8 Å². The number of aromatic nitrogens is 8. The molecule has 0 saturated carbocycles. The van der Waals surface area contributed by atoms with Gasteiger partial charge in [0.05, 0.1) is 25.9 Å². The van der Waals surface area contributed by atoms with Crippen molar-refractivity contribution in [1.29, 1.82) is 0 Å². The number of phosphoric ester groups is 1. The topological polar surface area (TPSA) is 320 Å². The number of halogens is 1. The molecule has 6 unspecified atom stereocenters. The number of fused-ring (bicyclic) bond motifs is 2. The molecular formula is C21H26FN10O12P2+. The second-order valence-corrected chi connectivity index (χ2v) is 12.4. The quantitative estimate of drug-likeness (QED) is 0.0852. The van der Waals surface area contributed by atoms with Gasteiger partial charge < -0.3 is 40.8 Å². The van der Waals surface area contributed by atoms with Gasteiger partial charge in [-0.1, -0.05) is 0 Å². The minimum Gasteiger partial charge on any atom is -0.394 e. The van der Waals surface area contributed by atoms with E-state index in [-0.39, 0.29) is 34.1 Å². The highest BCUT2D eigenvalue weighted by molar-refractivity contribution is 7.47. The van der Waals surface area contributed by atoms with E-state index in [0.717, 1.165) is 21.8 Å². The third-order valence-electron chi connectivity index (χ3n) is 7.18. The highest BCUT2D eigenvalue weighted by Gasteiger charge is 2.52. The second kappa shape index (κ2) is 12.5. The fourth-order valence-electron chi connectivity index (χ4n) is 5.17. The normalized spacial score (nSPS) is 29.9. The molecule has 4 aromatic heterocycles. The van der Waals surface area contributed by atoms with Crippen LogP contribution in [0.2, 0.25) is 0 Å².